The Balaban J connectivity index is 1.71. The normalized spacial score (nSPS) is 17.1. The van der Waals surface area contributed by atoms with Gasteiger partial charge in [-0.3, -0.25) is 0 Å². The summed E-state index contributed by atoms with van der Waals surface area (Å²) in [5.41, 5.74) is 0. The molecule has 0 bridgehead atoms. The maximum Gasteiger partial charge on any atom is 0.243 e. The zero-order chi connectivity index (χ0) is 14.9. The van der Waals surface area contributed by atoms with E-state index in [1.165, 1.54) is 15.6 Å². The second-order valence-electron chi connectivity index (χ2n) is 4.81. The van der Waals surface area contributed by atoms with Crippen LogP contribution in [0.3, 0.4) is 0 Å². The first-order valence-corrected chi connectivity index (χ1v) is 8.93. The highest BCUT2D eigenvalue weighted by Crippen LogP contribution is 2.23. The molecule has 0 radical (unpaired) electrons. The average Bonchev–Trinajstić information content (AvgIpc) is 2.95. The molecule has 6 nitrogen and oxygen atoms in total. The molecule has 0 aliphatic carbocycles. The molecule has 1 aromatic heterocycles. The molecular formula is C13H16N4O2S2. The molecule has 112 valence electrons. The first-order valence-electron chi connectivity index (χ1n) is 6.67. The van der Waals surface area contributed by atoms with Gasteiger partial charge in [0.05, 0.1) is 4.90 Å². The summed E-state index contributed by atoms with van der Waals surface area (Å²) in [5, 5.41) is 9.90. The average molecular weight is 324 g/mol. The first kappa shape index (κ1) is 14.4. The number of piperazine rings is 1. The second kappa shape index (κ2) is 5.70. The molecule has 0 unspecified atom stereocenters. The zero-order valence-electron chi connectivity index (χ0n) is 11.6. The van der Waals surface area contributed by atoms with Gasteiger partial charge in [-0.2, -0.15) is 4.31 Å². The van der Waals surface area contributed by atoms with Crippen molar-refractivity contribution in [2.75, 3.05) is 31.1 Å². The van der Waals surface area contributed by atoms with Crippen LogP contribution in [0.2, 0.25) is 0 Å². The number of benzene rings is 1. The van der Waals surface area contributed by atoms with Crippen LogP contribution in [0.4, 0.5) is 5.13 Å². The molecule has 8 heteroatoms. The maximum atomic E-state index is 12.5. The zero-order valence-corrected chi connectivity index (χ0v) is 13.3. The summed E-state index contributed by atoms with van der Waals surface area (Å²) in [6, 6.07) is 8.57. The van der Waals surface area contributed by atoms with E-state index < -0.39 is 10.0 Å². The number of hydrogen-bond donors (Lipinski definition) is 0. The number of sulfonamides is 1. The van der Waals surface area contributed by atoms with Gasteiger partial charge in [-0.05, 0) is 19.1 Å². The van der Waals surface area contributed by atoms with Crippen molar-refractivity contribution in [1.29, 1.82) is 0 Å². The van der Waals surface area contributed by atoms with E-state index in [-0.39, 0.29) is 0 Å². The summed E-state index contributed by atoms with van der Waals surface area (Å²) in [7, 11) is -3.39. The molecule has 1 aliphatic rings. The minimum absolute atomic E-state index is 0.352. The number of aryl methyl sites for hydroxylation is 1. The van der Waals surface area contributed by atoms with E-state index >= 15 is 0 Å². The molecule has 0 spiro atoms. The van der Waals surface area contributed by atoms with Crippen LogP contribution in [0.15, 0.2) is 35.2 Å². The molecule has 2 heterocycles. The van der Waals surface area contributed by atoms with Gasteiger partial charge in [0.15, 0.2) is 0 Å². The molecule has 0 saturated carbocycles. The monoisotopic (exact) mass is 324 g/mol. The van der Waals surface area contributed by atoms with Crippen LogP contribution in [-0.4, -0.2) is 49.1 Å². The Kier molecular flexibility index (Phi) is 3.92. The molecule has 0 amide bonds. The predicted molar refractivity (Wildman–Crippen MR) is 82.1 cm³/mol. The lowest BCUT2D eigenvalue weighted by atomic mass is 10.4. The highest BCUT2D eigenvalue weighted by atomic mass is 32.2. The van der Waals surface area contributed by atoms with Crippen molar-refractivity contribution in [1.82, 2.24) is 14.5 Å². The SMILES string of the molecule is Cc1nnc(N2CCN(S(=O)(=O)c3ccccc3)CC2)s1. The number of hydrogen-bond acceptors (Lipinski definition) is 6. The van der Waals surface area contributed by atoms with Gasteiger partial charge < -0.3 is 4.90 Å². The summed E-state index contributed by atoms with van der Waals surface area (Å²) < 4.78 is 26.6. The van der Waals surface area contributed by atoms with E-state index in [0.29, 0.717) is 31.1 Å². The molecule has 1 aromatic carbocycles. The van der Waals surface area contributed by atoms with Crippen molar-refractivity contribution in [3.8, 4) is 0 Å². The van der Waals surface area contributed by atoms with Gasteiger partial charge in [0, 0.05) is 26.2 Å². The van der Waals surface area contributed by atoms with Gasteiger partial charge >= 0.3 is 0 Å². The van der Waals surface area contributed by atoms with Crippen LogP contribution in [-0.2, 0) is 10.0 Å². The number of nitrogens with zero attached hydrogens (tertiary/aromatic N) is 4. The molecule has 3 rings (SSSR count). The van der Waals surface area contributed by atoms with E-state index in [2.05, 4.69) is 15.1 Å². The lowest BCUT2D eigenvalue weighted by molar-refractivity contribution is 0.384. The largest absolute Gasteiger partial charge is 0.344 e. The van der Waals surface area contributed by atoms with Crippen LogP contribution in [0.25, 0.3) is 0 Å². The van der Waals surface area contributed by atoms with E-state index in [9.17, 15) is 8.42 Å². The third kappa shape index (κ3) is 2.92. The molecule has 21 heavy (non-hydrogen) atoms. The molecule has 0 atom stereocenters. The fraction of sp³-hybridized carbons (Fsp3) is 0.385. The predicted octanol–water partition coefficient (Wildman–Crippen LogP) is 1.36. The Labute approximate surface area is 128 Å². The Morgan fingerprint density at radius 3 is 2.29 bits per heavy atom. The second-order valence-corrected chi connectivity index (χ2v) is 7.91. The highest BCUT2D eigenvalue weighted by Gasteiger charge is 2.29. The van der Waals surface area contributed by atoms with E-state index in [0.717, 1.165) is 10.1 Å². The number of aromatic nitrogens is 2. The van der Waals surface area contributed by atoms with Gasteiger partial charge in [0.1, 0.15) is 5.01 Å². The summed E-state index contributed by atoms with van der Waals surface area (Å²) in [6.45, 7) is 4.13. The first-order chi connectivity index (χ1) is 10.1. The highest BCUT2D eigenvalue weighted by molar-refractivity contribution is 7.89. The van der Waals surface area contributed by atoms with Gasteiger partial charge in [0.2, 0.25) is 15.2 Å². The van der Waals surface area contributed by atoms with Gasteiger partial charge in [-0.25, -0.2) is 8.42 Å². The maximum absolute atomic E-state index is 12.5. The van der Waals surface area contributed by atoms with Gasteiger partial charge in [-0.1, -0.05) is 29.5 Å². The fourth-order valence-electron chi connectivity index (χ4n) is 2.28. The van der Waals surface area contributed by atoms with Crippen LogP contribution in [0, 0.1) is 6.92 Å². The minimum atomic E-state index is -3.39. The smallest absolute Gasteiger partial charge is 0.243 e. The Morgan fingerprint density at radius 2 is 1.71 bits per heavy atom. The van der Waals surface area contributed by atoms with Crippen molar-refractivity contribution >= 4 is 26.5 Å². The molecule has 1 aliphatic heterocycles. The molecule has 0 N–H and O–H groups in total. The third-order valence-corrected chi connectivity index (χ3v) is 6.22. The lowest BCUT2D eigenvalue weighted by Crippen LogP contribution is -2.48. The lowest BCUT2D eigenvalue weighted by Gasteiger charge is -2.33. The summed E-state index contributed by atoms with van der Waals surface area (Å²) in [5.74, 6) is 0. The minimum Gasteiger partial charge on any atom is -0.344 e. The topological polar surface area (TPSA) is 66.4 Å². The molecule has 1 saturated heterocycles. The van der Waals surface area contributed by atoms with Crippen molar-refractivity contribution in [3.05, 3.63) is 35.3 Å². The number of rotatable bonds is 3. The van der Waals surface area contributed by atoms with E-state index in [1.807, 2.05) is 13.0 Å². The van der Waals surface area contributed by atoms with Gasteiger partial charge in [-0.15, -0.1) is 10.2 Å². The van der Waals surface area contributed by atoms with Crippen molar-refractivity contribution in [2.24, 2.45) is 0 Å². The van der Waals surface area contributed by atoms with Crippen LogP contribution in [0.5, 0.6) is 0 Å². The van der Waals surface area contributed by atoms with Crippen LogP contribution >= 0.6 is 11.3 Å². The summed E-state index contributed by atoms with van der Waals surface area (Å²) in [4.78, 5) is 2.44. The standard InChI is InChI=1S/C13H16N4O2S2/c1-11-14-15-13(20-11)16-7-9-17(10-8-16)21(18,19)12-5-3-2-4-6-12/h2-6H,7-10H2,1H3. The molecular weight excluding hydrogens is 308 g/mol. The quantitative estimate of drug-likeness (QED) is 0.853. The van der Waals surface area contributed by atoms with Crippen LogP contribution in [0.1, 0.15) is 5.01 Å². The summed E-state index contributed by atoms with van der Waals surface area (Å²) >= 11 is 1.54. The van der Waals surface area contributed by atoms with E-state index in [4.69, 9.17) is 0 Å². The third-order valence-electron chi connectivity index (χ3n) is 3.41. The Morgan fingerprint density at radius 1 is 1.05 bits per heavy atom. The molecule has 1 fully saturated rings. The molecule has 2 aromatic rings. The van der Waals surface area contributed by atoms with Crippen molar-refractivity contribution in [2.45, 2.75) is 11.8 Å². The van der Waals surface area contributed by atoms with E-state index in [1.54, 1.807) is 24.3 Å². The number of anilines is 1. The Bertz CT molecular complexity index is 707. The van der Waals surface area contributed by atoms with Crippen molar-refractivity contribution in [3.63, 3.8) is 0 Å². The fourth-order valence-corrected chi connectivity index (χ4v) is 4.46. The summed E-state index contributed by atoms with van der Waals surface area (Å²) in [6.07, 6.45) is 0. The Hall–Kier alpha value is -1.51. The van der Waals surface area contributed by atoms with Crippen LogP contribution < -0.4 is 4.90 Å². The van der Waals surface area contributed by atoms with Crippen molar-refractivity contribution < 1.29 is 8.42 Å². The van der Waals surface area contributed by atoms with Gasteiger partial charge in [0.25, 0.3) is 0 Å².